The first-order valence-electron chi connectivity index (χ1n) is 10.2. The van der Waals surface area contributed by atoms with Gasteiger partial charge in [0.15, 0.2) is 5.96 Å². The number of aliphatic imine (C=N–C) groups is 1. The smallest absolute Gasteiger partial charge is 0.191 e. The average Bonchev–Trinajstić information content (AvgIpc) is 2.69. The molecule has 1 aromatic carbocycles. The summed E-state index contributed by atoms with van der Waals surface area (Å²) in [6.07, 6.45) is 1.07. The van der Waals surface area contributed by atoms with Crippen molar-refractivity contribution < 1.29 is 13.9 Å². The van der Waals surface area contributed by atoms with Crippen molar-refractivity contribution in [3.63, 3.8) is 0 Å². The van der Waals surface area contributed by atoms with Gasteiger partial charge < -0.3 is 20.1 Å². The van der Waals surface area contributed by atoms with Gasteiger partial charge >= 0.3 is 0 Å². The van der Waals surface area contributed by atoms with Crippen LogP contribution in [0.25, 0.3) is 0 Å². The van der Waals surface area contributed by atoms with E-state index in [4.69, 9.17) is 9.47 Å². The highest BCUT2D eigenvalue weighted by Gasteiger charge is 2.23. The van der Waals surface area contributed by atoms with Crippen LogP contribution in [0.1, 0.15) is 31.9 Å². The lowest BCUT2D eigenvalue weighted by molar-refractivity contribution is 0.0169. The van der Waals surface area contributed by atoms with Crippen LogP contribution in [0.15, 0.2) is 29.3 Å². The summed E-state index contributed by atoms with van der Waals surface area (Å²) in [5, 5.41) is 6.65. The molecule has 0 spiro atoms. The number of morpholine rings is 1. The fraction of sp³-hybridized carbons (Fsp3) is 0.667. The van der Waals surface area contributed by atoms with E-state index in [2.05, 4.69) is 34.4 Å². The van der Waals surface area contributed by atoms with Gasteiger partial charge in [0.1, 0.15) is 5.82 Å². The molecule has 166 valence electrons. The summed E-state index contributed by atoms with van der Waals surface area (Å²) in [7, 11) is 1.75. The normalized spacial score (nSPS) is 16.4. The number of nitrogens with zero attached hydrogens (tertiary/aromatic N) is 2. The highest BCUT2D eigenvalue weighted by molar-refractivity contribution is 14.0. The number of hydrogen-bond acceptors (Lipinski definition) is 4. The minimum atomic E-state index is -0.211. The van der Waals surface area contributed by atoms with Gasteiger partial charge in [0.25, 0.3) is 0 Å². The minimum absolute atomic E-state index is 0. The molecule has 0 saturated carbocycles. The third-order valence-electron chi connectivity index (χ3n) is 4.78. The first kappa shape index (κ1) is 26.1. The number of guanidine groups is 1. The molecule has 6 nitrogen and oxygen atoms in total. The average molecular weight is 522 g/mol. The van der Waals surface area contributed by atoms with Gasteiger partial charge in [0.2, 0.25) is 0 Å². The van der Waals surface area contributed by atoms with E-state index in [0.29, 0.717) is 38.8 Å². The van der Waals surface area contributed by atoms with Crippen LogP contribution in [-0.2, 0) is 9.47 Å². The maximum atomic E-state index is 13.8. The molecule has 1 aliphatic heterocycles. The molecule has 1 aromatic rings. The molecule has 2 N–H and O–H groups in total. The van der Waals surface area contributed by atoms with Gasteiger partial charge in [-0.25, -0.2) is 4.39 Å². The van der Waals surface area contributed by atoms with E-state index in [1.165, 1.54) is 6.07 Å². The van der Waals surface area contributed by atoms with Gasteiger partial charge in [-0.15, -0.1) is 24.0 Å². The van der Waals surface area contributed by atoms with Crippen LogP contribution in [0.5, 0.6) is 0 Å². The Kier molecular flexibility index (Phi) is 13.4. The highest BCUT2D eigenvalue weighted by atomic mass is 127. The summed E-state index contributed by atoms with van der Waals surface area (Å²) < 4.78 is 24.9. The number of nitrogens with one attached hydrogen (secondary N) is 2. The maximum Gasteiger partial charge on any atom is 0.191 e. The van der Waals surface area contributed by atoms with E-state index >= 15 is 0 Å². The molecule has 1 atom stereocenters. The molecular formula is C21H36FIN4O2. The molecule has 0 bridgehead atoms. The quantitative estimate of drug-likeness (QED) is 0.214. The summed E-state index contributed by atoms with van der Waals surface area (Å²) in [4.78, 5) is 6.61. The Balaban J connectivity index is 0.00000420. The lowest BCUT2D eigenvalue weighted by Gasteiger charge is -2.35. The molecule has 0 amide bonds. The van der Waals surface area contributed by atoms with E-state index in [0.717, 1.165) is 37.6 Å². The molecule has 0 aromatic heterocycles. The van der Waals surface area contributed by atoms with Gasteiger partial charge in [-0.05, 0) is 30.0 Å². The standard InChI is InChI=1S/C21H35FN4O2.HI/c1-17(2)7-11-27-12-8-24-21(23-3)25-16-20(26-9-13-28-14-10-26)18-5-4-6-19(22)15-18;/h4-6,15,17,20H,7-14,16H2,1-3H3,(H2,23,24,25);1H. The zero-order chi connectivity index (χ0) is 20.2. The van der Waals surface area contributed by atoms with Crippen LogP contribution in [0.4, 0.5) is 4.39 Å². The van der Waals surface area contributed by atoms with E-state index in [1.54, 1.807) is 19.2 Å². The fourth-order valence-electron chi connectivity index (χ4n) is 3.14. The van der Waals surface area contributed by atoms with E-state index < -0.39 is 0 Å². The van der Waals surface area contributed by atoms with Crippen LogP contribution in [-0.4, -0.2) is 70.5 Å². The summed E-state index contributed by atoms with van der Waals surface area (Å²) in [5.74, 6) is 1.17. The Hall–Kier alpha value is -0.970. The van der Waals surface area contributed by atoms with E-state index in [1.807, 2.05) is 6.07 Å². The molecule has 29 heavy (non-hydrogen) atoms. The van der Waals surface area contributed by atoms with Crippen molar-refractivity contribution in [2.24, 2.45) is 10.9 Å². The van der Waals surface area contributed by atoms with Gasteiger partial charge in [-0.2, -0.15) is 0 Å². The van der Waals surface area contributed by atoms with Gasteiger partial charge in [0.05, 0.1) is 25.9 Å². The third kappa shape index (κ3) is 10.1. The molecule has 1 fully saturated rings. The van der Waals surface area contributed by atoms with Crippen molar-refractivity contribution in [3.8, 4) is 0 Å². The minimum Gasteiger partial charge on any atom is -0.380 e. The molecule has 0 aliphatic carbocycles. The summed E-state index contributed by atoms with van der Waals surface area (Å²) in [6.45, 7) is 10.2. The van der Waals surface area contributed by atoms with E-state index in [9.17, 15) is 4.39 Å². The number of halogens is 2. The summed E-state index contributed by atoms with van der Waals surface area (Å²) in [6, 6.07) is 6.89. The first-order chi connectivity index (χ1) is 13.6. The monoisotopic (exact) mass is 522 g/mol. The van der Waals surface area contributed by atoms with Crippen molar-refractivity contribution in [1.29, 1.82) is 0 Å². The zero-order valence-electron chi connectivity index (χ0n) is 17.8. The Morgan fingerprint density at radius 3 is 2.66 bits per heavy atom. The van der Waals surface area contributed by atoms with Crippen molar-refractivity contribution in [2.45, 2.75) is 26.3 Å². The lowest BCUT2D eigenvalue weighted by atomic mass is 10.0. The van der Waals surface area contributed by atoms with Crippen LogP contribution in [0.3, 0.4) is 0 Å². The zero-order valence-corrected chi connectivity index (χ0v) is 20.2. The molecule has 2 rings (SSSR count). The molecule has 1 heterocycles. The molecule has 1 aliphatic rings. The topological polar surface area (TPSA) is 58.1 Å². The summed E-state index contributed by atoms with van der Waals surface area (Å²) >= 11 is 0. The van der Waals surface area contributed by atoms with Crippen LogP contribution in [0.2, 0.25) is 0 Å². The third-order valence-corrected chi connectivity index (χ3v) is 4.78. The van der Waals surface area contributed by atoms with Crippen LogP contribution < -0.4 is 10.6 Å². The second kappa shape index (κ2) is 14.9. The number of benzene rings is 1. The molecule has 8 heteroatoms. The second-order valence-electron chi connectivity index (χ2n) is 7.39. The summed E-state index contributed by atoms with van der Waals surface area (Å²) in [5.41, 5.74) is 0.960. The molecule has 1 saturated heterocycles. The number of hydrogen-bond donors (Lipinski definition) is 2. The molecular weight excluding hydrogens is 486 g/mol. The Morgan fingerprint density at radius 2 is 2.00 bits per heavy atom. The van der Waals surface area contributed by atoms with E-state index in [-0.39, 0.29) is 35.8 Å². The number of rotatable bonds is 10. The predicted octanol–water partition coefficient (Wildman–Crippen LogP) is 3.04. The Morgan fingerprint density at radius 1 is 1.24 bits per heavy atom. The molecule has 0 radical (unpaired) electrons. The molecule has 1 unspecified atom stereocenters. The van der Waals surface area contributed by atoms with Crippen molar-refractivity contribution in [3.05, 3.63) is 35.6 Å². The van der Waals surface area contributed by atoms with Crippen molar-refractivity contribution in [1.82, 2.24) is 15.5 Å². The van der Waals surface area contributed by atoms with Crippen molar-refractivity contribution >= 4 is 29.9 Å². The highest BCUT2D eigenvalue weighted by Crippen LogP contribution is 2.22. The lowest BCUT2D eigenvalue weighted by Crippen LogP contribution is -2.46. The largest absolute Gasteiger partial charge is 0.380 e. The fourth-order valence-corrected chi connectivity index (χ4v) is 3.14. The van der Waals surface area contributed by atoms with Gasteiger partial charge in [-0.1, -0.05) is 26.0 Å². The van der Waals surface area contributed by atoms with Gasteiger partial charge in [-0.3, -0.25) is 9.89 Å². The SMILES string of the molecule is CN=C(NCCOCCC(C)C)NCC(c1cccc(F)c1)N1CCOCC1.I. The predicted molar refractivity (Wildman–Crippen MR) is 127 cm³/mol. The van der Waals surface area contributed by atoms with Gasteiger partial charge in [0, 0.05) is 39.8 Å². The maximum absolute atomic E-state index is 13.8. The Bertz CT molecular complexity index is 598. The van der Waals surface area contributed by atoms with Crippen LogP contribution in [0, 0.1) is 11.7 Å². The number of ether oxygens (including phenoxy) is 2. The van der Waals surface area contributed by atoms with Crippen LogP contribution >= 0.6 is 24.0 Å². The second-order valence-corrected chi connectivity index (χ2v) is 7.39. The van der Waals surface area contributed by atoms with Crippen molar-refractivity contribution in [2.75, 3.05) is 59.7 Å². The first-order valence-corrected chi connectivity index (χ1v) is 10.2. The Labute approximate surface area is 191 Å².